The maximum Gasteiger partial charge on any atom is 0.250 e. The number of anilines is 2. The molecule has 0 unspecified atom stereocenters. The number of carbonyl (C=O) groups excluding carboxylic acids is 2. The van der Waals surface area contributed by atoms with Crippen LogP contribution in [0.3, 0.4) is 0 Å². The molecular weight excluding hydrogens is 396 g/mol. The first-order valence-corrected chi connectivity index (χ1v) is 10.1. The Morgan fingerprint density at radius 2 is 2.00 bits per heavy atom. The van der Waals surface area contributed by atoms with Gasteiger partial charge in [0.2, 0.25) is 11.8 Å². The Morgan fingerprint density at radius 3 is 2.79 bits per heavy atom. The SMILES string of the molecule is C[C@H](Sc1nc2ccc(Cl)cc2[nH]1)C(=O)N1c2ccccc2NC(=O)C1(C)C. The van der Waals surface area contributed by atoms with Crippen molar-refractivity contribution in [2.75, 3.05) is 10.2 Å². The minimum Gasteiger partial charge on any atom is -0.333 e. The highest BCUT2D eigenvalue weighted by Crippen LogP contribution is 2.38. The van der Waals surface area contributed by atoms with Gasteiger partial charge in [-0.15, -0.1) is 0 Å². The second-order valence-corrected chi connectivity index (χ2v) is 8.93. The van der Waals surface area contributed by atoms with Crippen LogP contribution in [-0.2, 0) is 9.59 Å². The summed E-state index contributed by atoms with van der Waals surface area (Å²) < 4.78 is 0. The van der Waals surface area contributed by atoms with Crippen LogP contribution in [0, 0.1) is 0 Å². The van der Waals surface area contributed by atoms with Crippen molar-refractivity contribution >= 4 is 57.6 Å². The zero-order valence-corrected chi connectivity index (χ0v) is 17.2. The van der Waals surface area contributed by atoms with Crippen LogP contribution < -0.4 is 10.2 Å². The van der Waals surface area contributed by atoms with Crippen molar-refractivity contribution in [1.29, 1.82) is 0 Å². The number of amides is 2. The molecule has 2 heterocycles. The second-order valence-electron chi connectivity index (χ2n) is 7.17. The van der Waals surface area contributed by atoms with Gasteiger partial charge in [0.1, 0.15) is 5.54 Å². The lowest BCUT2D eigenvalue weighted by atomic mass is 9.96. The van der Waals surface area contributed by atoms with E-state index in [1.165, 1.54) is 11.8 Å². The lowest BCUT2D eigenvalue weighted by molar-refractivity contribution is -0.126. The van der Waals surface area contributed by atoms with Crippen molar-refractivity contribution in [2.24, 2.45) is 0 Å². The maximum absolute atomic E-state index is 13.4. The summed E-state index contributed by atoms with van der Waals surface area (Å²) in [4.78, 5) is 35.2. The quantitative estimate of drug-likeness (QED) is 0.620. The van der Waals surface area contributed by atoms with Gasteiger partial charge >= 0.3 is 0 Å². The molecule has 1 aliphatic rings. The van der Waals surface area contributed by atoms with Crippen molar-refractivity contribution < 1.29 is 9.59 Å². The second kappa shape index (κ2) is 6.83. The van der Waals surface area contributed by atoms with Crippen LogP contribution in [0.2, 0.25) is 5.02 Å². The number of carbonyl (C=O) groups is 2. The molecule has 1 aliphatic heterocycles. The minimum absolute atomic E-state index is 0.157. The number of hydrogen-bond donors (Lipinski definition) is 2. The summed E-state index contributed by atoms with van der Waals surface area (Å²) in [6, 6.07) is 12.7. The molecule has 0 saturated heterocycles. The van der Waals surface area contributed by atoms with Gasteiger partial charge < -0.3 is 10.3 Å². The van der Waals surface area contributed by atoms with E-state index in [0.29, 0.717) is 21.6 Å². The van der Waals surface area contributed by atoms with E-state index >= 15 is 0 Å². The van der Waals surface area contributed by atoms with Gasteiger partial charge in [-0.3, -0.25) is 14.5 Å². The normalized spacial score (nSPS) is 16.6. The van der Waals surface area contributed by atoms with Gasteiger partial charge in [0.05, 0.1) is 27.7 Å². The molecular formula is C20H19ClN4O2S. The summed E-state index contributed by atoms with van der Waals surface area (Å²) in [7, 11) is 0. The third-order valence-electron chi connectivity index (χ3n) is 4.79. The Morgan fingerprint density at radius 1 is 1.25 bits per heavy atom. The molecule has 1 aromatic heterocycles. The fourth-order valence-electron chi connectivity index (χ4n) is 3.26. The molecule has 0 radical (unpaired) electrons. The number of aromatic amines is 1. The van der Waals surface area contributed by atoms with Crippen molar-refractivity contribution in [2.45, 2.75) is 36.7 Å². The largest absolute Gasteiger partial charge is 0.333 e. The van der Waals surface area contributed by atoms with Crippen LogP contribution in [0.1, 0.15) is 20.8 Å². The van der Waals surface area contributed by atoms with Gasteiger partial charge in [-0.25, -0.2) is 4.98 Å². The topological polar surface area (TPSA) is 78.1 Å². The lowest BCUT2D eigenvalue weighted by Gasteiger charge is -2.42. The Hall–Kier alpha value is -2.51. The third-order valence-corrected chi connectivity index (χ3v) is 5.99. The van der Waals surface area contributed by atoms with Crippen LogP contribution >= 0.6 is 23.4 Å². The maximum atomic E-state index is 13.4. The molecule has 0 fully saturated rings. The highest BCUT2D eigenvalue weighted by Gasteiger charge is 2.44. The molecule has 28 heavy (non-hydrogen) atoms. The van der Waals surface area contributed by atoms with E-state index in [-0.39, 0.29) is 11.8 Å². The van der Waals surface area contributed by atoms with Crippen molar-refractivity contribution in [3.63, 3.8) is 0 Å². The average molecular weight is 415 g/mol. The summed E-state index contributed by atoms with van der Waals surface area (Å²) in [6.07, 6.45) is 0. The van der Waals surface area contributed by atoms with Crippen molar-refractivity contribution in [1.82, 2.24) is 9.97 Å². The van der Waals surface area contributed by atoms with Gasteiger partial charge in [-0.05, 0) is 51.1 Å². The Labute approximate surface area is 171 Å². The third kappa shape index (κ3) is 3.14. The van der Waals surface area contributed by atoms with Crippen LogP contribution in [0.5, 0.6) is 0 Å². The zero-order chi connectivity index (χ0) is 20.1. The molecule has 1 atom stereocenters. The number of nitrogens with one attached hydrogen (secondary N) is 2. The molecule has 0 spiro atoms. The zero-order valence-electron chi connectivity index (χ0n) is 15.6. The van der Waals surface area contributed by atoms with Crippen LogP contribution in [0.4, 0.5) is 11.4 Å². The fourth-order valence-corrected chi connectivity index (χ4v) is 4.29. The van der Waals surface area contributed by atoms with E-state index in [0.717, 1.165) is 11.0 Å². The Kier molecular flexibility index (Phi) is 4.59. The van der Waals surface area contributed by atoms with Gasteiger partial charge in [-0.2, -0.15) is 0 Å². The number of para-hydroxylation sites is 2. The number of fused-ring (bicyclic) bond motifs is 2. The number of hydrogen-bond acceptors (Lipinski definition) is 4. The number of halogens is 1. The first-order chi connectivity index (χ1) is 13.3. The van der Waals surface area contributed by atoms with Gasteiger partial charge in [-0.1, -0.05) is 35.5 Å². The molecule has 0 saturated carbocycles. The number of nitrogens with zero attached hydrogens (tertiary/aromatic N) is 2. The molecule has 2 N–H and O–H groups in total. The molecule has 144 valence electrons. The monoisotopic (exact) mass is 414 g/mol. The molecule has 0 aliphatic carbocycles. The predicted molar refractivity (Wildman–Crippen MR) is 113 cm³/mol. The number of imidazole rings is 1. The van der Waals surface area contributed by atoms with E-state index in [2.05, 4.69) is 15.3 Å². The fraction of sp³-hybridized carbons (Fsp3) is 0.250. The summed E-state index contributed by atoms with van der Waals surface area (Å²) in [5.41, 5.74) is 1.94. The van der Waals surface area contributed by atoms with Crippen molar-refractivity contribution in [3.05, 3.63) is 47.5 Å². The smallest absolute Gasteiger partial charge is 0.250 e. The van der Waals surface area contributed by atoms with Gasteiger partial charge in [0.25, 0.3) is 0 Å². The van der Waals surface area contributed by atoms with E-state index in [1.807, 2.05) is 31.2 Å². The number of benzene rings is 2. The first kappa shape index (κ1) is 18.8. The summed E-state index contributed by atoms with van der Waals surface area (Å²) in [5.74, 6) is -0.370. The lowest BCUT2D eigenvalue weighted by Crippen LogP contribution is -2.60. The standard InChI is InChI=1S/C20H19ClN4O2S/c1-11(28-19-23-13-9-8-12(21)10-15(13)24-19)17(26)25-16-7-5-4-6-14(16)22-18(27)20(25,2)3/h4-11H,1-3H3,(H,22,27)(H,23,24)/t11-/m0/s1. The number of H-pyrrole nitrogens is 1. The molecule has 3 aromatic rings. The minimum atomic E-state index is -0.998. The molecule has 0 bridgehead atoms. The van der Waals surface area contributed by atoms with Crippen LogP contribution in [0.15, 0.2) is 47.6 Å². The molecule has 8 heteroatoms. The Bertz CT molecular complexity index is 1090. The summed E-state index contributed by atoms with van der Waals surface area (Å²) in [5, 5.41) is 3.68. The molecule has 2 amide bonds. The Balaban J connectivity index is 1.64. The first-order valence-electron chi connectivity index (χ1n) is 8.84. The molecule has 6 nitrogen and oxygen atoms in total. The van der Waals surface area contributed by atoms with Crippen LogP contribution in [0.25, 0.3) is 11.0 Å². The number of rotatable bonds is 3. The van der Waals surface area contributed by atoms with Gasteiger partial charge in [0, 0.05) is 5.02 Å². The highest BCUT2D eigenvalue weighted by atomic mass is 35.5. The number of aromatic nitrogens is 2. The van der Waals surface area contributed by atoms with Gasteiger partial charge in [0.15, 0.2) is 5.16 Å². The number of thioether (sulfide) groups is 1. The molecule has 2 aromatic carbocycles. The molecule has 4 rings (SSSR count). The summed E-state index contributed by atoms with van der Waals surface area (Å²) in [6.45, 7) is 5.31. The average Bonchev–Trinajstić information content (AvgIpc) is 3.03. The van der Waals surface area contributed by atoms with E-state index in [9.17, 15) is 9.59 Å². The van der Waals surface area contributed by atoms with Crippen molar-refractivity contribution in [3.8, 4) is 0 Å². The van der Waals surface area contributed by atoms with E-state index in [1.54, 1.807) is 36.9 Å². The van der Waals surface area contributed by atoms with Crippen LogP contribution in [-0.4, -0.2) is 32.6 Å². The van der Waals surface area contributed by atoms with E-state index < -0.39 is 10.8 Å². The predicted octanol–water partition coefficient (Wildman–Crippen LogP) is 4.46. The highest BCUT2D eigenvalue weighted by molar-refractivity contribution is 8.00. The summed E-state index contributed by atoms with van der Waals surface area (Å²) >= 11 is 7.35. The van der Waals surface area contributed by atoms with E-state index in [4.69, 9.17) is 11.6 Å².